The van der Waals surface area contributed by atoms with Crippen molar-refractivity contribution >= 4 is 32.8 Å². The first kappa shape index (κ1) is 27.3. The number of aryl methyl sites for hydroxylation is 1. The van der Waals surface area contributed by atoms with E-state index in [2.05, 4.69) is 45.3 Å². The number of hydrogen-bond donors (Lipinski definition) is 0. The molecular weight excluding hydrogens is 916 g/mol. The summed E-state index contributed by atoms with van der Waals surface area (Å²) in [6.07, 6.45) is 3.25. The first-order valence-corrected chi connectivity index (χ1v) is 19.1. The Hall–Kier alpha value is -6.55. The number of benzene rings is 7. The van der Waals surface area contributed by atoms with Gasteiger partial charge in [0, 0.05) is 47.0 Å². The predicted molar refractivity (Wildman–Crippen MR) is 239 cm³/mol. The molecule has 3 heterocycles. The maximum Gasteiger partial charge on any atom is 0.268 e. The normalized spacial score (nSPS) is 14.7. The van der Waals surface area contributed by atoms with Gasteiger partial charge in [-0.05, 0) is 62.5 Å². The number of para-hydroxylation sites is 4. The van der Waals surface area contributed by atoms with E-state index in [1.165, 1.54) is 13.0 Å². The molecule has 0 atom stereocenters. The molecule has 7 aromatic carbocycles. The van der Waals surface area contributed by atoms with Gasteiger partial charge in [0.2, 0.25) is 0 Å². The van der Waals surface area contributed by atoms with Crippen LogP contribution in [0.4, 0.5) is 0 Å². The third-order valence-corrected chi connectivity index (χ3v) is 10.3. The number of rotatable bonds is 8. The number of pyridine rings is 1. The monoisotopic (exact) mass is 969 g/mol. The van der Waals surface area contributed by atoms with Gasteiger partial charge in [-0.2, -0.15) is 17.7 Å². The summed E-state index contributed by atoms with van der Waals surface area (Å²) < 4.78 is 117. The maximum atomic E-state index is 9.03. The molecule has 0 radical (unpaired) electrons. The summed E-state index contributed by atoms with van der Waals surface area (Å²) in [6.45, 7) is 7.86. The van der Waals surface area contributed by atoms with Gasteiger partial charge in [0.15, 0.2) is 0 Å². The Bertz CT molecular complexity index is 3710. The van der Waals surface area contributed by atoms with E-state index < -0.39 is 66.8 Å². The van der Waals surface area contributed by atoms with Crippen molar-refractivity contribution in [2.45, 2.75) is 39.5 Å². The molecule has 5 nitrogen and oxygen atoms in total. The minimum absolute atomic E-state index is 0. The maximum absolute atomic E-state index is 9.03. The molecule has 10 rings (SSSR count). The topological polar surface area (TPSA) is 35.9 Å². The van der Waals surface area contributed by atoms with Gasteiger partial charge in [-0.15, -0.1) is 29.7 Å². The molecule has 0 unspecified atom stereocenters. The van der Waals surface area contributed by atoms with Crippen LogP contribution in [0.1, 0.15) is 55.3 Å². The fraction of sp³-hybridized carbons (Fsp3) is 0.111. The van der Waals surface area contributed by atoms with Gasteiger partial charge in [-0.3, -0.25) is 4.57 Å². The number of fused-ring (bicyclic) bond motifs is 4. The molecule has 0 fully saturated rings. The number of aromatic nitrogens is 4. The zero-order valence-electron chi connectivity index (χ0n) is 44.9. The van der Waals surface area contributed by atoms with E-state index in [1.54, 1.807) is 69.9 Å². The Morgan fingerprint density at radius 3 is 2.10 bits per heavy atom. The van der Waals surface area contributed by atoms with Crippen LogP contribution >= 0.6 is 0 Å². The predicted octanol–water partition coefficient (Wildman–Crippen LogP) is 12.8. The molecular formula is C54H42N4OPt-2. The second-order valence-corrected chi connectivity index (χ2v) is 15.0. The van der Waals surface area contributed by atoms with Crippen molar-refractivity contribution in [3.05, 3.63) is 199 Å². The molecule has 0 aliphatic carbocycles. The largest absolute Gasteiger partial charge is 0.510 e. The van der Waals surface area contributed by atoms with Gasteiger partial charge in [0.05, 0.1) is 30.4 Å². The molecule has 10 aromatic rings. The summed E-state index contributed by atoms with van der Waals surface area (Å²) in [7, 11) is 0. The molecule has 6 heteroatoms. The summed E-state index contributed by atoms with van der Waals surface area (Å²) in [4.78, 5) is 4.79. The first-order chi connectivity index (χ1) is 33.6. The Balaban J connectivity index is 0.00000640. The van der Waals surface area contributed by atoms with Gasteiger partial charge < -0.3 is 13.9 Å². The molecule has 0 aliphatic heterocycles. The van der Waals surface area contributed by atoms with Crippen molar-refractivity contribution in [2.24, 2.45) is 0 Å². The van der Waals surface area contributed by atoms with Gasteiger partial charge in [-0.25, -0.2) is 4.98 Å². The second kappa shape index (κ2) is 15.9. The van der Waals surface area contributed by atoms with Gasteiger partial charge in [0.1, 0.15) is 5.82 Å². The van der Waals surface area contributed by atoms with Gasteiger partial charge in [-0.1, -0.05) is 161 Å². The van der Waals surface area contributed by atoms with Crippen LogP contribution in [0.5, 0.6) is 11.5 Å². The van der Waals surface area contributed by atoms with E-state index in [9.17, 15) is 0 Å². The van der Waals surface area contributed by atoms with Crippen molar-refractivity contribution in [3.8, 4) is 50.9 Å². The van der Waals surface area contributed by atoms with Crippen molar-refractivity contribution in [3.63, 3.8) is 0 Å². The average Bonchev–Trinajstić information content (AvgIpc) is 3.89. The van der Waals surface area contributed by atoms with Crippen LogP contribution in [-0.2, 0) is 32.9 Å². The van der Waals surface area contributed by atoms with Crippen molar-refractivity contribution in [1.29, 1.82) is 0 Å². The SMILES string of the molecule is [2H]c1c([2H])c([2H])c(-c2cccc(-c3c([2H])c([2H])c([2H])c([2H])c3[2H])c2-[n+]2[c-]n(-c3[c-]c(Oc4[c-]c5c(cc4)c4ccccc4n5-c4cc(C(C)(C)C)ccn4)cc(C([2H])([2H])C)c3)c3ccccc32)c([2H])c1[2H].[Pt]. The summed E-state index contributed by atoms with van der Waals surface area (Å²) in [5.74, 6) is 1.17. The van der Waals surface area contributed by atoms with E-state index in [0.29, 0.717) is 28.1 Å². The number of ether oxygens (including phenoxy) is 1. The summed E-state index contributed by atoms with van der Waals surface area (Å²) >= 11 is 0. The zero-order chi connectivity index (χ0) is 50.6. The van der Waals surface area contributed by atoms with Crippen LogP contribution in [0.15, 0.2) is 170 Å². The minimum atomic E-state index is -1.90. The van der Waals surface area contributed by atoms with Crippen LogP contribution in [0, 0.1) is 18.5 Å². The minimum Gasteiger partial charge on any atom is -0.510 e. The molecule has 3 aromatic heterocycles. The Kier molecular flexibility index (Phi) is 7.22. The summed E-state index contributed by atoms with van der Waals surface area (Å²) in [5, 5.41) is 1.92. The van der Waals surface area contributed by atoms with Crippen LogP contribution in [0.2, 0.25) is 0 Å². The molecule has 0 saturated heterocycles. The second-order valence-electron chi connectivity index (χ2n) is 15.0. The van der Waals surface area contributed by atoms with E-state index in [0.717, 1.165) is 21.9 Å². The average molecular weight is 970 g/mol. The van der Waals surface area contributed by atoms with E-state index in [1.807, 2.05) is 41.0 Å². The Labute approximate surface area is 382 Å². The van der Waals surface area contributed by atoms with Crippen molar-refractivity contribution in [1.82, 2.24) is 14.1 Å². The smallest absolute Gasteiger partial charge is 0.268 e. The quantitative estimate of drug-likeness (QED) is 0.112. The Morgan fingerprint density at radius 1 is 0.717 bits per heavy atom. The molecule has 296 valence electrons. The molecule has 0 saturated carbocycles. The van der Waals surface area contributed by atoms with Crippen LogP contribution in [0.25, 0.3) is 72.3 Å². The molecule has 0 bridgehead atoms. The third kappa shape index (κ3) is 7.03. The van der Waals surface area contributed by atoms with E-state index in [4.69, 9.17) is 26.2 Å². The summed E-state index contributed by atoms with van der Waals surface area (Å²) in [6, 6.07) is 31.9. The van der Waals surface area contributed by atoms with Crippen LogP contribution in [-0.4, -0.2) is 14.1 Å². The Morgan fingerprint density at radius 2 is 1.40 bits per heavy atom. The molecule has 0 amide bonds. The number of nitrogens with zero attached hydrogens (tertiary/aromatic N) is 4. The third-order valence-electron chi connectivity index (χ3n) is 10.3. The van der Waals surface area contributed by atoms with Crippen molar-refractivity contribution < 1.29 is 46.8 Å². The zero-order valence-corrected chi connectivity index (χ0v) is 35.2. The molecule has 60 heavy (non-hydrogen) atoms. The number of imidazole rings is 1. The van der Waals surface area contributed by atoms with E-state index in [-0.39, 0.29) is 71.4 Å². The van der Waals surface area contributed by atoms with Crippen LogP contribution < -0.4 is 9.30 Å². The van der Waals surface area contributed by atoms with E-state index >= 15 is 0 Å². The van der Waals surface area contributed by atoms with Crippen molar-refractivity contribution in [2.75, 3.05) is 0 Å². The molecule has 0 N–H and O–H groups in total. The van der Waals surface area contributed by atoms with Crippen LogP contribution in [0.3, 0.4) is 0 Å². The fourth-order valence-electron chi connectivity index (χ4n) is 7.51. The number of hydrogen-bond acceptors (Lipinski definition) is 2. The fourth-order valence-corrected chi connectivity index (χ4v) is 7.51. The van der Waals surface area contributed by atoms with Gasteiger partial charge in [0.25, 0.3) is 6.33 Å². The first-order valence-electron chi connectivity index (χ1n) is 25.1. The standard InChI is InChI=1S/C54H42N4O.Pt/c1-5-37-31-41(34-43(32-37)59-42-27-28-47-46-21-12-13-24-48(46)58(51(47)35-42)52-33-40(29-30-55-52)54(2,3)4)56-36-57(50-26-15-14-25-49(50)56)53-44(38-17-8-6-9-18-38)22-16-23-45(53)39-19-10-7-11-20-39;/h6-33H,5H2,1-4H3;/q-2;/i5D2,6D,7D,8D,9D,10D,11D,17D,18D,19D,20D;. The molecule has 0 spiro atoms. The summed E-state index contributed by atoms with van der Waals surface area (Å²) in [5.41, 5.74) is 3.95. The molecule has 0 aliphatic rings. The van der Waals surface area contributed by atoms with Gasteiger partial charge >= 0.3 is 0 Å².